The van der Waals surface area contributed by atoms with Crippen LogP contribution in [0.2, 0.25) is 5.02 Å². The number of sulfonamides is 1. The van der Waals surface area contributed by atoms with Crippen molar-refractivity contribution in [3.05, 3.63) is 77.1 Å². The van der Waals surface area contributed by atoms with E-state index >= 15 is 0 Å². The molecule has 0 spiro atoms. The number of nitrogens with one attached hydrogen (secondary N) is 1. The number of thiazole rings is 1. The average Bonchev–Trinajstić information content (AvgIpc) is 3.30. The summed E-state index contributed by atoms with van der Waals surface area (Å²) < 4.78 is 47.3. The van der Waals surface area contributed by atoms with Crippen LogP contribution in [0.4, 0.5) is 15.2 Å². The van der Waals surface area contributed by atoms with E-state index in [0.717, 1.165) is 12.1 Å². The van der Waals surface area contributed by atoms with Crippen LogP contribution in [-0.4, -0.2) is 58.5 Å². The number of likely N-dealkylation sites (N-methyl/N-ethyl adjacent to an activating group) is 1. The highest BCUT2D eigenvalue weighted by molar-refractivity contribution is 7.92. The minimum atomic E-state index is -3.98. The zero-order valence-electron chi connectivity index (χ0n) is 20.6. The number of anilines is 2. The highest BCUT2D eigenvalue weighted by Crippen LogP contribution is 2.39. The Bertz CT molecular complexity index is 1550. The van der Waals surface area contributed by atoms with Gasteiger partial charge in [0.2, 0.25) is 0 Å². The normalized spacial score (nSPS) is 11.3. The van der Waals surface area contributed by atoms with E-state index in [1.54, 1.807) is 24.3 Å². The van der Waals surface area contributed by atoms with Crippen LogP contribution in [0, 0.1) is 5.82 Å². The predicted octanol–water partition coefficient (Wildman–Crippen LogP) is 5.53. The first kappa shape index (κ1) is 29.6. The van der Waals surface area contributed by atoms with Gasteiger partial charge in [0.15, 0.2) is 5.13 Å². The fourth-order valence-corrected chi connectivity index (χ4v) is 5.83. The number of carbonyl (C=O) groups excluding carboxylic acids is 1. The van der Waals surface area contributed by atoms with Gasteiger partial charge in [0.05, 0.1) is 21.7 Å². The largest absolute Gasteiger partial charge is 0.494 e. The number of hydrogen-bond acceptors (Lipinski definition) is 7. The van der Waals surface area contributed by atoms with Gasteiger partial charge in [-0.25, -0.2) is 17.8 Å². The molecule has 0 radical (unpaired) electrons. The lowest BCUT2D eigenvalue weighted by molar-refractivity contribution is 0.0985. The molecule has 1 N–H and O–H groups in total. The van der Waals surface area contributed by atoms with Gasteiger partial charge in [-0.2, -0.15) is 0 Å². The number of aromatic nitrogens is 1. The lowest BCUT2D eigenvalue weighted by Gasteiger charge is -2.22. The number of rotatable bonds is 9. The molecule has 38 heavy (non-hydrogen) atoms. The van der Waals surface area contributed by atoms with Gasteiger partial charge < -0.3 is 9.64 Å². The highest BCUT2D eigenvalue weighted by atomic mass is 35.5. The number of hydrogen-bond donors (Lipinski definition) is 1. The fourth-order valence-electron chi connectivity index (χ4n) is 3.50. The molecule has 0 aliphatic carbocycles. The van der Waals surface area contributed by atoms with Crippen LogP contribution in [0.5, 0.6) is 5.75 Å². The molecule has 202 valence electrons. The van der Waals surface area contributed by atoms with Gasteiger partial charge >= 0.3 is 0 Å². The molecule has 0 aliphatic rings. The highest BCUT2D eigenvalue weighted by Gasteiger charge is 2.24. The Morgan fingerprint density at radius 1 is 1.11 bits per heavy atom. The van der Waals surface area contributed by atoms with Crippen molar-refractivity contribution in [1.82, 2.24) is 9.88 Å². The van der Waals surface area contributed by atoms with E-state index in [1.165, 1.54) is 47.6 Å². The van der Waals surface area contributed by atoms with Crippen LogP contribution in [0.15, 0.2) is 65.6 Å². The Morgan fingerprint density at radius 3 is 2.47 bits per heavy atom. The van der Waals surface area contributed by atoms with E-state index in [4.69, 9.17) is 16.3 Å². The van der Waals surface area contributed by atoms with Crippen LogP contribution in [0.1, 0.15) is 10.4 Å². The van der Waals surface area contributed by atoms with Gasteiger partial charge in [-0.15, -0.1) is 12.4 Å². The number of amides is 1. The van der Waals surface area contributed by atoms with Crippen molar-refractivity contribution in [2.45, 2.75) is 4.90 Å². The summed E-state index contributed by atoms with van der Waals surface area (Å²) in [5.74, 6) is -0.365. The lowest BCUT2D eigenvalue weighted by atomic mass is 10.2. The van der Waals surface area contributed by atoms with E-state index < -0.39 is 15.8 Å². The van der Waals surface area contributed by atoms with Crippen molar-refractivity contribution >= 4 is 72.3 Å². The monoisotopic (exact) mass is 598 g/mol. The maximum absolute atomic E-state index is 13.7. The van der Waals surface area contributed by atoms with Gasteiger partial charge in [0.1, 0.15) is 17.1 Å². The van der Waals surface area contributed by atoms with Gasteiger partial charge in [0, 0.05) is 24.3 Å². The molecule has 0 bridgehead atoms. The molecule has 0 saturated heterocycles. The van der Waals surface area contributed by atoms with E-state index in [2.05, 4.69) is 9.71 Å². The second-order valence-corrected chi connectivity index (χ2v) is 11.4. The molecule has 0 unspecified atom stereocenters. The summed E-state index contributed by atoms with van der Waals surface area (Å²) >= 11 is 7.66. The topological polar surface area (TPSA) is 91.8 Å². The summed E-state index contributed by atoms with van der Waals surface area (Å²) in [5.41, 5.74) is 1.01. The first-order valence-corrected chi connectivity index (χ1v) is 13.7. The van der Waals surface area contributed by atoms with Crippen LogP contribution < -0.4 is 14.4 Å². The van der Waals surface area contributed by atoms with Gasteiger partial charge in [-0.05, 0) is 68.7 Å². The second-order valence-electron chi connectivity index (χ2n) is 8.32. The maximum Gasteiger partial charge on any atom is 0.261 e. The Labute approximate surface area is 235 Å². The van der Waals surface area contributed by atoms with Crippen molar-refractivity contribution in [3.63, 3.8) is 0 Å². The molecule has 4 aromatic rings. The minimum absolute atomic E-state index is 0. The molecule has 1 amide bonds. The molecule has 8 nitrogen and oxygen atoms in total. The summed E-state index contributed by atoms with van der Waals surface area (Å²) in [7, 11) is 1.34. The van der Waals surface area contributed by atoms with Crippen LogP contribution in [0.3, 0.4) is 0 Å². The summed E-state index contributed by atoms with van der Waals surface area (Å²) in [6, 6.07) is 14.1. The Kier molecular flexibility index (Phi) is 9.55. The van der Waals surface area contributed by atoms with Gasteiger partial charge in [-0.3, -0.25) is 14.4 Å². The molecule has 0 aliphatic heterocycles. The third-order valence-corrected chi connectivity index (χ3v) is 8.34. The van der Waals surface area contributed by atoms with Crippen molar-refractivity contribution < 1.29 is 22.3 Å². The van der Waals surface area contributed by atoms with Gasteiger partial charge in [0.25, 0.3) is 15.9 Å². The SMILES string of the molecule is COc1ccc(Cl)c2sc(N(CCN(C)C)C(=O)c3cccc(NS(=O)(=O)c4ccc(F)cc4)c3)nc12.Cl. The molecule has 1 aromatic heterocycles. The zero-order valence-corrected chi connectivity index (χ0v) is 23.8. The number of methoxy groups -OCH3 is 1. The number of halogens is 3. The summed E-state index contributed by atoms with van der Waals surface area (Å²) in [4.78, 5) is 21.7. The van der Waals surface area contributed by atoms with E-state index in [0.29, 0.717) is 39.2 Å². The van der Waals surface area contributed by atoms with Crippen LogP contribution in [-0.2, 0) is 10.0 Å². The summed E-state index contributed by atoms with van der Waals surface area (Å²) in [6.07, 6.45) is 0. The summed E-state index contributed by atoms with van der Waals surface area (Å²) in [5, 5.41) is 0.933. The first-order valence-electron chi connectivity index (χ1n) is 11.1. The molecule has 4 rings (SSSR count). The third kappa shape index (κ3) is 6.54. The molecule has 1 heterocycles. The molecule has 0 fully saturated rings. The smallest absolute Gasteiger partial charge is 0.261 e. The first-order chi connectivity index (χ1) is 17.6. The van der Waals surface area contributed by atoms with Crippen molar-refractivity contribution in [2.75, 3.05) is 43.9 Å². The maximum atomic E-state index is 13.7. The number of nitrogens with zero attached hydrogens (tertiary/aromatic N) is 3. The summed E-state index contributed by atoms with van der Waals surface area (Å²) in [6.45, 7) is 0.889. The number of fused-ring (bicyclic) bond motifs is 1. The Balaban J connectivity index is 0.00000400. The quantitative estimate of drug-likeness (QED) is 0.272. The molecule has 0 saturated carbocycles. The second kappa shape index (κ2) is 12.3. The lowest BCUT2D eigenvalue weighted by Crippen LogP contribution is -2.36. The molecule has 3 aromatic carbocycles. The fraction of sp³-hybridized carbons (Fsp3) is 0.200. The van der Waals surface area contributed by atoms with Crippen LogP contribution >= 0.6 is 35.3 Å². The van der Waals surface area contributed by atoms with Crippen LogP contribution in [0.25, 0.3) is 10.2 Å². The van der Waals surface area contributed by atoms with Crippen molar-refractivity contribution in [1.29, 1.82) is 0 Å². The predicted molar refractivity (Wildman–Crippen MR) is 152 cm³/mol. The number of benzene rings is 3. The van der Waals surface area contributed by atoms with Crippen molar-refractivity contribution in [3.8, 4) is 5.75 Å². The Morgan fingerprint density at radius 2 is 1.82 bits per heavy atom. The number of carbonyl (C=O) groups is 1. The number of ether oxygens (including phenoxy) is 1. The standard InChI is InChI=1S/C25H24ClFN4O4S2.ClH/c1-30(2)13-14-31(25-28-22-21(35-3)12-11-20(26)23(22)36-25)24(32)16-5-4-6-18(15-16)29-37(33,34)19-9-7-17(27)8-10-19;/h4-12,15,29H,13-14H2,1-3H3;1H. The zero-order chi connectivity index (χ0) is 26.7. The van der Waals surface area contributed by atoms with E-state index in [9.17, 15) is 17.6 Å². The third-order valence-electron chi connectivity index (χ3n) is 5.40. The van der Waals surface area contributed by atoms with Gasteiger partial charge in [-0.1, -0.05) is 29.0 Å². The minimum Gasteiger partial charge on any atom is -0.494 e. The van der Waals surface area contributed by atoms with E-state index in [-0.39, 0.29) is 34.5 Å². The Hall–Kier alpha value is -2.96. The average molecular weight is 600 g/mol. The molecule has 0 atom stereocenters. The molecule has 13 heteroatoms. The van der Waals surface area contributed by atoms with Crippen molar-refractivity contribution in [2.24, 2.45) is 0 Å². The van der Waals surface area contributed by atoms with E-state index in [1.807, 2.05) is 19.0 Å². The molecular weight excluding hydrogens is 574 g/mol. The molecular formula is C25H25Cl2FN4O4S2.